The lowest BCUT2D eigenvalue weighted by molar-refractivity contribution is -0.125. The fourth-order valence-corrected chi connectivity index (χ4v) is 3.52. The second-order valence-electron chi connectivity index (χ2n) is 6.66. The van der Waals surface area contributed by atoms with Crippen molar-refractivity contribution in [3.63, 3.8) is 0 Å². The molecular formula is C21H23FN2O2. The summed E-state index contributed by atoms with van der Waals surface area (Å²) >= 11 is 0. The maximum absolute atomic E-state index is 13.2. The molecule has 1 N–H and O–H groups in total. The largest absolute Gasteiger partial charge is 0.356 e. The lowest BCUT2D eigenvalue weighted by atomic mass is 9.88. The van der Waals surface area contributed by atoms with E-state index in [1.54, 1.807) is 0 Å². The van der Waals surface area contributed by atoms with Crippen LogP contribution < -0.4 is 5.32 Å². The summed E-state index contributed by atoms with van der Waals surface area (Å²) in [4.78, 5) is 27.6. The Morgan fingerprint density at radius 2 is 1.69 bits per heavy atom. The smallest absolute Gasteiger partial charge is 0.225 e. The number of ketones is 1. The quantitative estimate of drug-likeness (QED) is 0.812. The Kier molecular flexibility index (Phi) is 5.78. The van der Waals surface area contributed by atoms with Crippen LogP contribution >= 0.6 is 0 Å². The lowest BCUT2D eigenvalue weighted by Crippen LogP contribution is -2.37. The van der Waals surface area contributed by atoms with Gasteiger partial charge in [0.05, 0.1) is 5.92 Å². The molecule has 1 amide bonds. The highest BCUT2D eigenvalue weighted by molar-refractivity contribution is 6.01. The molecule has 0 aliphatic carbocycles. The summed E-state index contributed by atoms with van der Waals surface area (Å²) in [6.45, 7) is 4.16. The van der Waals surface area contributed by atoms with Gasteiger partial charge in [-0.15, -0.1) is 0 Å². The van der Waals surface area contributed by atoms with E-state index in [0.717, 1.165) is 5.56 Å². The summed E-state index contributed by atoms with van der Waals surface area (Å²) < 4.78 is 13.2. The Labute approximate surface area is 153 Å². The average molecular weight is 354 g/mol. The Bertz CT molecular complexity index is 761. The minimum absolute atomic E-state index is 0.0940. The van der Waals surface area contributed by atoms with Gasteiger partial charge in [0.15, 0.2) is 5.78 Å². The van der Waals surface area contributed by atoms with Gasteiger partial charge in [-0.05, 0) is 36.8 Å². The summed E-state index contributed by atoms with van der Waals surface area (Å²) in [5.74, 6) is -1.38. The number of nitrogens with zero attached hydrogens (tertiary/aromatic N) is 1. The zero-order chi connectivity index (χ0) is 18.5. The molecule has 1 aliphatic heterocycles. The molecule has 2 aromatic carbocycles. The SMILES string of the molecule is CCNC(=O)[C@@H]1CN(Cc2ccccc2)C[C@H]1C(=O)c1ccc(F)cc1. The van der Waals surface area contributed by atoms with Crippen LogP contribution in [0.5, 0.6) is 0 Å². The molecule has 0 radical (unpaired) electrons. The number of carbonyl (C=O) groups is 2. The molecule has 136 valence electrons. The number of carbonyl (C=O) groups excluding carboxylic acids is 2. The van der Waals surface area contributed by atoms with E-state index >= 15 is 0 Å². The van der Waals surface area contributed by atoms with Crippen molar-refractivity contribution in [2.75, 3.05) is 19.6 Å². The molecule has 4 nitrogen and oxygen atoms in total. The number of nitrogens with one attached hydrogen (secondary N) is 1. The maximum Gasteiger partial charge on any atom is 0.225 e. The highest BCUT2D eigenvalue weighted by Crippen LogP contribution is 2.28. The van der Waals surface area contributed by atoms with Gasteiger partial charge < -0.3 is 5.32 Å². The van der Waals surface area contributed by atoms with Crippen molar-refractivity contribution in [1.29, 1.82) is 0 Å². The maximum atomic E-state index is 13.2. The summed E-state index contributed by atoms with van der Waals surface area (Å²) in [5.41, 5.74) is 1.60. The number of rotatable bonds is 6. The third-order valence-corrected chi connectivity index (χ3v) is 4.80. The molecule has 1 saturated heterocycles. The zero-order valence-electron chi connectivity index (χ0n) is 14.8. The number of hydrogen-bond donors (Lipinski definition) is 1. The predicted molar refractivity (Wildman–Crippen MR) is 98.1 cm³/mol. The highest BCUT2D eigenvalue weighted by atomic mass is 19.1. The molecule has 5 heteroatoms. The molecule has 1 fully saturated rings. The number of benzene rings is 2. The van der Waals surface area contributed by atoms with Crippen molar-refractivity contribution in [1.82, 2.24) is 10.2 Å². The van der Waals surface area contributed by atoms with Crippen LogP contribution in [0, 0.1) is 17.7 Å². The minimum Gasteiger partial charge on any atom is -0.356 e. The molecule has 3 rings (SSSR count). The number of likely N-dealkylation sites (tertiary alicyclic amines) is 1. The van der Waals surface area contributed by atoms with Crippen LogP contribution in [0.4, 0.5) is 4.39 Å². The van der Waals surface area contributed by atoms with Gasteiger partial charge in [0.2, 0.25) is 5.91 Å². The van der Waals surface area contributed by atoms with Crippen LogP contribution in [0.25, 0.3) is 0 Å². The van der Waals surface area contributed by atoms with Gasteiger partial charge >= 0.3 is 0 Å². The van der Waals surface area contributed by atoms with Crippen LogP contribution in [-0.4, -0.2) is 36.2 Å². The van der Waals surface area contributed by atoms with E-state index < -0.39 is 11.8 Å². The van der Waals surface area contributed by atoms with Crippen molar-refractivity contribution >= 4 is 11.7 Å². The normalized spacial score (nSPS) is 20.1. The van der Waals surface area contributed by atoms with Gasteiger partial charge in [0.25, 0.3) is 0 Å². The van der Waals surface area contributed by atoms with E-state index in [-0.39, 0.29) is 17.5 Å². The van der Waals surface area contributed by atoms with Crippen molar-refractivity contribution in [2.45, 2.75) is 13.5 Å². The Hall–Kier alpha value is -2.53. The van der Waals surface area contributed by atoms with E-state index in [1.807, 2.05) is 37.3 Å². The van der Waals surface area contributed by atoms with Crippen LogP contribution in [0.3, 0.4) is 0 Å². The van der Waals surface area contributed by atoms with Gasteiger partial charge in [-0.2, -0.15) is 0 Å². The van der Waals surface area contributed by atoms with Crippen molar-refractivity contribution in [3.05, 3.63) is 71.5 Å². The number of hydrogen-bond acceptors (Lipinski definition) is 3. The molecule has 2 aromatic rings. The fourth-order valence-electron chi connectivity index (χ4n) is 3.52. The standard InChI is InChI=1S/C21H23FN2O2/c1-2-23-21(26)19-14-24(12-15-6-4-3-5-7-15)13-18(19)20(25)16-8-10-17(22)11-9-16/h3-11,18-19H,2,12-14H2,1H3,(H,23,26)/t18-,19-/m1/s1. The van der Waals surface area contributed by atoms with Crippen LogP contribution in [0.15, 0.2) is 54.6 Å². The van der Waals surface area contributed by atoms with E-state index in [9.17, 15) is 14.0 Å². The molecule has 0 saturated carbocycles. The predicted octanol–water partition coefficient (Wildman–Crippen LogP) is 2.89. The molecule has 26 heavy (non-hydrogen) atoms. The molecular weight excluding hydrogens is 331 g/mol. The van der Waals surface area contributed by atoms with Gasteiger partial charge in [-0.3, -0.25) is 14.5 Å². The summed E-state index contributed by atoms with van der Waals surface area (Å²) in [6.07, 6.45) is 0. The average Bonchev–Trinajstić information content (AvgIpc) is 3.07. The van der Waals surface area contributed by atoms with Crippen molar-refractivity contribution in [2.24, 2.45) is 11.8 Å². The van der Waals surface area contributed by atoms with Gasteiger partial charge in [-0.25, -0.2) is 4.39 Å². The fraction of sp³-hybridized carbons (Fsp3) is 0.333. The Balaban J connectivity index is 1.79. The van der Waals surface area contributed by atoms with Crippen LogP contribution in [0.1, 0.15) is 22.8 Å². The molecule has 2 atom stereocenters. The molecule has 0 spiro atoms. The molecule has 1 heterocycles. The Morgan fingerprint density at radius 1 is 1.04 bits per heavy atom. The second-order valence-corrected chi connectivity index (χ2v) is 6.66. The topological polar surface area (TPSA) is 49.4 Å². The Morgan fingerprint density at radius 3 is 2.35 bits per heavy atom. The molecule has 0 unspecified atom stereocenters. The van der Waals surface area contributed by atoms with Crippen molar-refractivity contribution < 1.29 is 14.0 Å². The van der Waals surface area contributed by atoms with E-state index in [4.69, 9.17) is 0 Å². The van der Waals surface area contributed by atoms with E-state index in [2.05, 4.69) is 10.2 Å². The minimum atomic E-state index is -0.421. The third kappa shape index (κ3) is 4.17. The van der Waals surface area contributed by atoms with Crippen LogP contribution in [-0.2, 0) is 11.3 Å². The second kappa shape index (κ2) is 8.23. The summed E-state index contributed by atoms with van der Waals surface area (Å²) in [7, 11) is 0. The molecule has 0 aromatic heterocycles. The zero-order valence-corrected chi connectivity index (χ0v) is 14.8. The number of Topliss-reactive ketones (excluding diaryl/α,β-unsaturated/α-hetero) is 1. The van der Waals surface area contributed by atoms with Gasteiger partial charge in [0, 0.05) is 37.7 Å². The first-order chi connectivity index (χ1) is 12.6. The first-order valence-electron chi connectivity index (χ1n) is 8.92. The van der Waals surface area contributed by atoms with Gasteiger partial charge in [0.1, 0.15) is 5.82 Å². The number of amides is 1. The highest BCUT2D eigenvalue weighted by Gasteiger charge is 2.41. The number of halogens is 1. The van der Waals surface area contributed by atoms with Crippen molar-refractivity contribution in [3.8, 4) is 0 Å². The third-order valence-electron chi connectivity index (χ3n) is 4.80. The van der Waals surface area contributed by atoms with Crippen LogP contribution in [0.2, 0.25) is 0 Å². The first kappa shape index (κ1) is 18.3. The van der Waals surface area contributed by atoms with E-state index in [1.165, 1.54) is 24.3 Å². The monoisotopic (exact) mass is 354 g/mol. The first-order valence-corrected chi connectivity index (χ1v) is 8.92. The lowest BCUT2D eigenvalue weighted by Gasteiger charge is -2.16. The molecule has 1 aliphatic rings. The summed E-state index contributed by atoms with van der Waals surface area (Å²) in [5, 5.41) is 2.84. The molecule has 0 bridgehead atoms. The van der Waals surface area contributed by atoms with E-state index in [0.29, 0.717) is 31.7 Å². The van der Waals surface area contributed by atoms with Gasteiger partial charge in [-0.1, -0.05) is 30.3 Å². The summed E-state index contributed by atoms with van der Waals surface area (Å²) in [6, 6.07) is 15.6.